The number of amides is 1. The molecule has 1 heterocycles. The largest absolute Gasteiger partial charge is 0.508 e. The molecule has 3 aromatic rings. The molecule has 1 fully saturated rings. The van der Waals surface area contributed by atoms with E-state index < -0.39 is 0 Å². The first-order valence-corrected chi connectivity index (χ1v) is 11.9. The lowest BCUT2D eigenvalue weighted by molar-refractivity contribution is -0.117. The molecule has 0 bridgehead atoms. The minimum Gasteiger partial charge on any atom is -0.508 e. The first kappa shape index (κ1) is 21.4. The van der Waals surface area contributed by atoms with Gasteiger partial charge in [0.05, 0.1) is 5.92 Å². The number of nitrogens with zero attached hydrogens (tertiary/aromatic N) is 2. The molecule has 1 aliphatic carbocycles. The van der Waals surface area contributed by atoms with E-state index in [2.05, 4.69) is 52.4 Å². The zero-order valence-electron chi connectivity index (χ0n) is 19.1. The number of aromatic hydroxyl groups is 1. The van der Waals surface area contributed by atoms with E-state index in [1.807, 2.05) is 36.4 Å². The van der Waals surface area contributed by atoms with Crippen LogP contribution in [0.3, 0.4) is 0 Å². The molecule has 1 saturated heterocycles. The van der Waals surface area contributed by atoms with Crippen molar-refractivity contribution in [3.8, 4) is 5.75 Å². The van der Waals surface area contributed by atoms with Gasteiger partial charge in [-0.3, -0.25) is 4.79 Å². The van der Waals surface area contributed by atoms with E-state index in [0.29, 0.717) is 5.75 Å². The fraction of sp³-hybridized carbons (Fsp3) is 0.321. The highest BCUT2D eigenvalue weighted by molar-refractivity contribution is 5.96. The zero-order chi connectivity index (χ0) is 22.8. The average molecular weight is 442 g/mol. The predicted molar refractivity (Wildman–Crippen MR) is 134 cm³/mol. The Labute approximate surface area is 195 Å². The molecule has 5 heteroatoms. The fourth-order valence-corrected chi connectivity index (χ4v) is 5.07. The Balaban J connectivity index is 1.34. The third kappa shape index (κ3) is 4.54. The highest BCUT2D eigenvalue weighted by Gasteiger charge is 2.30. The molecule has 1 amide bonds. The highest BCUT2D eigenvalue weighted by atomic mass is 16.3. The zero-order valence-corrected chi connectivity index (χ0v) is 19.1. The number of carbonyl (C=O) groups is 1. The van der Waals surface area contributed by atoms with Gasteiger partial charge in [0, 0.05) is 49.3 Å². The molecule has 1 atom stereocenters. The maximum absolute atomic E-state index is 13.1. The number of benzene rings is 3. The van der Waals surface area contributed by atoms with E-state index in [1.54, 1.807) is 0 Å². The molecule has 3 aromatic carbocycles. The Bertz CT molecular complexity index is 1120. The van der Waals surface area contributed by atoms with Gasteiger partial charge in [0.25, 0.3) is 0 Å². The lowest BCUT2D eigenvalue weighted by atomic mass is 9.81. The molecular formula is C28H31N3O2. The second-order valence-electron chi connectivity index (χ2n) is 9.14. The molecule has 5 rings (SSSR count). The lowest BCUT2D eigenvalue weighted by Crippen LogP contribution is -2.46. The summed E-state index contributed by atoms with van der Waals surface area (Å²) in [5.41, 5.74) is 6.25. The Morgan fingerprint density at radius 1 is 0.909 bits per heavy atom. The van der Waals surface area contributed by atoms with Gasteiger partial charge in [-0.2, -0.15) is 0 Å². The van der Waals surface area contributed by atoms with Crippen LogP contribution >= 0.6 is 0 Å². The minimum absolute atomic E-state index is 0.00268. The van der Waals surface area contributed by atoms with Crippen LogP contribution in [0.15, 0.2) is 66.7 Å². The number of nitrogens with one attached hydrogen (secondary N) is 1. The maximum atomic E-state index is 13.1. The maximum Gasteiger partial charge on any atom is 0.231 e. The molecule has 0 saturated carbocycles. The molecule has 1 aliphatic heterocycles. The summed E-state index contributed by atoms with van der Waals surface area (Å²) in [6.07, 6.45) is 2.52. The molecule has 1 unspecified atom stereocenters. The van der Waals surface area contributed by atoms with Crippen molar-refractivity contribution in [2.24, 2.45) is 0 Å². The van der Waals surface area contributed by atoms with Crippen LogP contribution in [0, 0.1) is 6.92 Å². The van der Waals surface area contributed by atoms with Crippen molar-refractivity contribution in [2.45, 2.75) is 32.1 Å². The number of rotatable bonds is 4. The van der Waals surface area contributed by atoms with Gasteiger partial charge in [-0.05, 0) is 67.6 Å². The van der Waals surface area contributed by atoms with Crippen LogP contribution in [0.25, 0.3) is 0 Å². The number of hydrogen-bond donors (Lipinski definition) is 2. The number of phenolic OH excluding ortho intramolecular Hbond substituents is 1. The van der Waals surface area contributed by atoms with Crippen LogP contribution in [-0.2, 0) is 11.2 Å². The number of hydrogen-bond acceptors (Lipinski definition) is 4. The normalized spacial score (nSPS) is 18.0. The topological polar surface area (TPSA) is 55.8 Å². The van der Waals surface area contributed by atoms with Gasteiger partial charge in [0.1, 0.15) is 5.75 Å². The number of aryl methyl sites for hydroxylation is 1. The highest BCUT2D eigenvalue weighted by Crippen LogP contribution is 2.40. The first-order chi connectivity index (χ1) is 16.1. The first-order valence-electron chi connectivity index (χ1n) is 11.9. The van der Waals surface area contributed by atoms with Crippen LogP contribution in [0.2, 0.25) is 0 Å². The summed E-state index contributed by atoms with van der Waals surface area (Å²) in [6, 6.07) is 22.3. The summed E-state index contributed by atoms with van der Waals surface area (Å²) in [4.78, 5) is 17.9. The quantitative estimate of drug-likeness (QED) is 0.592. The third-order valence-electron chi connectivity index (χ3n) is 6.94. The number of fused-ring (bicyclic) bond motifs is 1. The molecule has 2 N–H and O–H groups in total. The van der Waals surface area contributed by atoms with E-state index in [9.17, 15) is 9.90 Å². The van der Waals surface area contributed by atoms with Crippen molar-refractivity contribution < 1.29 is 9.90 Å². The summed E-state index contributed by atoms with van der Waals surface area (Å²) in [5, 5.41) is 13.9. The van der Waals surface area contributed by atoms with E-state index in [-0.39, 0.29) is 11.8 Å². The van der Waals surface area contributed by atoms with Crippen molar-refractivity contribution in [1.29, 1.82) is 0 Å². The number of para-hydroxylation sites is 1. The van der Waals surface area contributed by atoms with E-state index in [4.69, 9.17) is 0 Å². The fourth-order valence-electron chi connectivity index (χ4n) is 5.07. The van der Waals surface area contributed by atoms with Gasteiger partial charge in [-0.25, -0.2) is 0 Å². The number of piperazine rings is 1. The van der Waals surface area contributed by atoms with Gasteiger partial charge < -0.3 is 20.2 Å². The van der Waals surface area contributed by atoms with Crippen molar-refractivity contribution in [3.63, 3.8) is 0 Å². The number of anilines is 3. The second-order valence-corrected chi connectivity index (χ2v) is 9.14. The molecule has 0 aromatic heterocycles. The summed E-state index contributed by atoms with van der Waals surface area (Å²) < 4.78 is 0. The smallest absolute Gasteiger partial charge is 0.231 e. The molecule has 33 heavy (non-hydrogen) atoms. The molecule has 5 nitrogen and oxygen atoms in total. The SMILES string of the molecule is Cc1ccc(N2CCN(c3cc(O)c4c(c3)C(C(=O)Nc3ccccc3)CCC4)CC2)cc1. The van der Waals surface area contributed by atoms with Crippen LogP contribution in [-0.4, -0.2) is 37.2 Å². The second kappa shape index (κ2) is 9.18. The van der Waals surface area contributed by atoms with Gasteiger partial charge >= 0.3 is 0 Å². The minimum atomic E-state index is -0.242. The average Bonchev–Trinajstić information content (AvgIpc) is 2.85. The molecule has 0 spiro atoms. The van der Waals surface area contributed by atoms with Crippen molar-refractivity contribution >= 4 is 23.0 Å². The van der Waals surface area contributed by atoms with Crippen molar-refractivity contribution in [3.05, 3.63) is 83.4 Å². The molecule has 0 radical (unpaired) electrons. The Morgan fingerprint density at radius 2 is 1.58 bits per heavy atom. The Morgan fingerprint density at radius 3 is 2.27 bits per heavy atom. The summed E-state index contributed by atoms with van der Waals surface area (Å²) >= 11 is 0. The van der Waals surface area contributed by atoms with Crippen LogP contribution in [0.1, 0.15) is 35.4 Å². The van der Waals surface area contributed by atoms with Crippen molar-refractivity contribution in [1.82, 2.24) is 0 Å². The van der Waals surface area contributed by atoms with Gasteiger partial charge in [0.2, 0.25) is 5.91 Å². The predicted octanol–water partition coefficient (Wildman–Crippen LogP) is 5.09. The Kier molecular flexibility index (Phi) is 5.95. The van der Waals surface area contributed by atoms with E-state index >= 15 is 0 Å². The van der Waals surface area contributed by atoms with Gasteiger partial charge in [-0.15, -0.1) is 0 Å². The monoisotopic (exact) mass is 441 g/mol. The summed E-state index contributed by atoms with van der Waals surface area (Å²) in [7, 11) is 0. The van der Waals surface area contributed by atoms with Gasteiger partial charge in [-0.1, -0.05) is 35.9 Å². The third-order valence-corrected chi connectivity index (χ3v) is 6.94. The van der Waals surface area contributed by atoms with Crippen molar-refractivity contribution in [2.75, 3.05) is 41.3 Å². The van der Waals surface area contributed by atoms with Crippen LogP contribution in [0.4, 0.5) is 17.1 Å². The van der Waals surface area contributed by atoms with Crippen LogP contribution < -0.4 is 15.1 Å². The molecule has 170 valence electrons. The van der Waals surface area contributed by atoms with E-state index in [1.165, 1.54) is 11.3 Å². The lowest BCUT2D eigenvalue weighted by Gasteiger charge is -2.38. The van der Waals surface area contributed by atoms with Gasteiger partial charge in [0.15, 0.2) is 0 Å². The van der Waals surface area contributed by atoms with Crippen LogP contribution in [0.5, 0.6) is 5.75 Å². The summed E-state index contributed by atoms with van der Waals surface area (Å²) in [6.45, 7) is 5.73. The molecule has 2 aliphatic rings. The number of phenols is 1. The molecular weight excluding hydrogens is 410 g/mol. The summed E-state index contributed by atoms with van der Waals surface area (Å²) in [5.74, 6) is 0.0808. The standard InChI is InChI=1S/C28H31N3O2/c1-20-10-12-22(13-11-20)30-14-16-31(17-15-30)23-18-26-24(27(32)19-23)8-5-9-25(26)28(33)29-21-6-3-2-4-7-21/h2-4,6-7,10-13,18-19,25,32H,5,8-9,14-17H2,1H3,(H,29,33). The van der Waals surface area contributed by atoms with E-state index in [0.717, 1.165) is 67.9 Å². The Hall–Kier alpha value is -3.47. The number of carbonyl (C=O) groups excluding carboxylic acids is 1.